The molecular formula is C18H25N5O2. The van der Waals surface area contributed by atoms with E-state index in [2.05, 4.69) is 20.4 Å². The fraction of sp³-hybridized carbons (Fsp3) is 0.556. The van der Waals surface area contributed by atoms with Crippen LogP contribution in [0, 0.1) is 0 Å². The number of carbonyl (C=O) groups excluding carboxylic acids is 1. The highest BCUT2D eigenvalue weighted by Crippen LogP contribution is 2.27. The van der Waals surface area contributed by atoms with E-state index in [9.17, 15) is 4.79 Å². The van der Waals surface area contributed by atoms with E-state index in [0.29, 0.717) is 29.6 Å². The van der Waals surface area contributed by atoms with E-state index >= 15 is 0 Å². The number of aromatic nitrogens is 3. The van der Waals surface area contributed by atoms with Gasteiger partial charge in [-0.3, -0.25) is 4.79 Å². The number of piperidine rings is 1. The predicted octanol–water partition coefficient (Wildman–Crippen LogP) is 2.87. The molecule has 2 aromatic rings. The smallest absolute Gasteiger partial charge is 0.257 e. The number of anilines is 1. The van der Waals surface area contributed by atoms with Gasteiger partial charge in [0.1, 0.15) is 5.82 Å². The molecule has 0 bridgehead atoms. The lowest BCUT2D eigenvalue weighted by Gasteiger charge is -2.31. The number of hydrogen-bond donors (Lipinski definition) is 1. The van der Waals surface area contributed by atoms with Crippen LogP contribution in [-0.2, 0) is 6.42 Å². The van der Waals surface area contributed by atoms with Crippen LogP contribution in [0.1, 0.15) is 61.6 Å². The zero-order valence-electron chi connectivity index (χ0n) is 15.0. The first kappa shape index (κ1) is 17.4. The van der Waals surface area contributed by atoms with Crippen molar-refractivity contribution in [3.05, 3.63) is 35.6 Å². The van der Waals surface area contributed by atoms with Crippen molar-refractivity contribution < 1.29 is 9.32 Å². The van der Waals surface area contributed by atoms with Crippen molar-refractivity contribution >= 4 is 11.7 Å². The molecule has 0 saturated carbocycles. The number of nitrogens with zero attached hydrogens (tertiary/aromatic N) is 4. The van der Waals surface area contributed by atoms with Gasteiger partial charge in [0, 0.05) is 37.7 Å². The molecule has 0 aliphatic carbocycles. The van der Waals surface area contributed by atoms with Gasteiger partial charge in [0.15, 0.2) is 5.82 Å². The Bertz CT molecular complexity index is 728. The van der Waals surface area contributed by atoms with Crippen LogP contribution in [0.25, 0.3) is 0 Å². The number of likely N-dealkylation sites (tertiary alicyclic amines) is 1. The fourth-order valence-corrected chi connectivity index (χ4v) is 3.09. The minimum atomic E-state index is 0.000148. The molecule has 1 unspecified atom stereocenters. The zero-order valence-corrected chi connectivity index (χ0v) is 15.0. The van der Waals surface area contributed by atoms with Crippen molar-refractivity contribution in [1.82, 2.24) is 20.0 Å². The van der Waals surface area contributed by atoms with Crippen LogP contribution in [0.5, 0.6) is 0 Å². The average Bonchev–Trinajstić information content (AvgIpc) is 3.10. The van der Waals surface area contributed by atoms with Gasteiger partial charge < -0.3 is 14.7 Å². The Kier molecular flexibility index (Phi) is 5.31. The van der Waals surface area contributed by atoms with Gasteiger partial charge in [0.05, 0.1) is 5.56 Å². The quantitative estimate of drug-likeness (QED) is 0.898. The predicted molar refractivity (Wildman–Crippen MR) is 94.6 cm³/mol. The van der Waals surface area contributed by atoms with E-state index in [-0.39, 0.29) is 17.9 Å². The monoisotopic (exact) mass is 343 g/mol. The van der Waals surface area contributed by atoms with Gasteiger partial charge in [-0.15, -0.1) is 0 Å². The minimum Gasteiger partial charge on any atom is -0.367 e. The van der Waals surface area contributed by atoms with Gasteiger partial charge in [0.2, 0.25) is 5.89 Å². The molecule has 7 heteroatoms. The van der Waals surface area contributed by atoms with Crippen molar-refractivity contribution in [2.45, 2.75) is 52.0 Å². The van der Waals surface area contributed by atoms with Gasteiger partial charge in [-0.05, 0) is 38.8 Å². The van der Waals surface area contributed by atoms with Crippen LogP contribution in [0.4, 0.5) is 5.82 Å². The van der Waals surface area contributed by atoms with Crippen LogP contribution >= 0.6 is 0 Å². The first-order valence-corrected chi connectivity index (χ1v) is 8.91. The summed E-state index contributed by atoms with van der Waals surface area (Å²) in [6.07, 6.45) is 4.32. The van der Waals surface area contributed by atoms with E-state index < -0.39 is 0 Å². The molecule has 1 aliphatic heterocycles. The maximum absolute atomic E-state index is 13.0. The number of carbonyl (C=O) groups is 1. The number of amides is 1. The van der Waals surface area contributed by atoms with Crippen LogP contribution in [0.3, 0.4) is 0 Å². The van der Waals surface area contributed by atoms with E-state index in [4.69, 9.17) is 4.52 Å². The number of aryl methyl sites for hydroxylation is 1. The molecule has 1 saturated heterocycles. The van der Waals surface area contributed by atoms with Crippen LogP contribution in [0.15, 0.2) is 22.9 Å². The molecule has 1 aliphatic rings. The Hall–Kier alpha value is -2.44. The van der Waals surface area contributed by atoms with Gasteiger partial charge >= 0.3 is 0 Å². The summed E-state index contributed by atoms with van der Waals surface area (Å²) in [6.45, 7) is 7.39. The molecule has 1 amide bonds. The second-order valence-electron chi connectivity index (χ2n) is 6.69. The minimum absolute atomic E-state index is 0.000148. The molecule has 134 valence electrons. The molecule has 1 N–H and O–H groups in total. The van der Waals surface area contributed by atoms with Gasteiger partial charge in [-0.25, -0.2) is 4.98 Å². The normalized spacial score (nSPS) is 17.8. The molecule has 3 heterocycles. The summed E-state index contributed by atoms with van der Waals surface area (Å²) in [4.78, 5) is 23.7. The summed E-state index contributed by atoms with van der Waals surface area (Å²) in [7, 11) is 0. The summed E-state index contributed by atoms with van der Waals surface area (Å²) >= 11 is 0. The first-order valence-electron chi connectivity index (χ1n) is 8.91. The first-order chi connectivity index (χ1) is 12.1. The van der Waals surface area contributed by atoms with Crippen molar-refractivity contribution in [2.75, 3.05) is 18.4 Å². The lowest BCUT2D eigenvalue weighted by atomic mass is 9.96. The summed E-state index contributed by atoms with van der Waals surface area (Å²) in [5, 5.41) is 7.33. The number of pyridine rings is 1. The Morgan fingerprint density at radius 1 is 1.48 bits per heavy atom. The third kappa shape index (κ3) is 3.97. The molecule has 25 heavy (non-hydrogen) atoms. The van der Waals surface area contributed by atoms with E-state index in [1.165, 1.54) is 0 Å². The maximum atomic E-state index is 13.0. The fourth-order valence-electron chi connectivity index (χ4n) is 3.09. The highest BCUT2D eigenvalue weighted by molar-refractivity contribution is 5.98. The third-order valence-corrected chi connectivity index (χ3v) is 4.32. The van der Waals surface area contributed by atoms with E-state index in [1.807, 2.05) is 31.7 Å². The van der Waals surface area contributed by atoms with E-state index in [1.54, 1.807) is 12.3 Å². The Morgan fingerprint density at radius 2 is 2.32 bits per heavy atom. The van der Waals surface area contributed by atoms with Crippen LogP contribution in [-0.4, -0.2) is 45.1 Å². The highest BCUT2D eigenvalue weighted by atomic mass is 16.5. The van der Waals surface area contributed by atoms with Crippen LogP contribution in [0.2, 0.25) is 0 Å². The molecule has 0 aromatic carbocycles. The average molecular weight is 343 g/mol. The van der Waals surface area contributed by atoms with Crippen LogP contribution < -0.4 is 5.32 Å². The molecule has 0 spiro atoms. The van der Waals surface area contributed by atoms with Crippen molar-refractivity contribution in [3.8, 4) is 0 Å². The summed E-state index contributed by atoms with van der Waals surface area (Å²) in [6, 6.07) is 3.84. The number of rotatable bonds is 5. The van der Waals surface area contributed by atoms with E-state index in [0.717, 1.165) is 25.8 Å². The lowest BCUT2D eigenvalue weighted by molar-refractivity contribution is 0.0704. The van der Waals surface area contributed by atoms with Gasteiger partial charge in [-0.2, -0.15) is 4.98 Å². The maximum Gasteiger partial charge on any atom is 0.257 e. The summed E-state index contributed by atoms with van der Waals surface area (Å²) in [5.74, 6) is 2.12. The molecule has 3 rings (SSSR count). The standard InChI is InChI=1S/C18H25N5O2/c1-4-15-21-16(22-25-15)13-7-6-10-23(11-13)18(24)14-8-5-9-19-17(14)20-12(2)3/h5,8-9,12-13H,4,6-7,10-11H2,1-3H3,(H,19,20). The van der Waals surface area contributed by atoms with Gasteiger partial charge in [0.25, 0.3) is 5.91 Å². The largest absolute Gasteiger partial charge is 0.367 e. The topological polar surface area (TPSA) is 84.2 Å². The second kappa shape index (κ2) is 7.63. The third-order valence-electron chi connectivity index (χ3n) is 4.32. The second-order valence-corrected chi connectivity index (χ2v) is 6.69. The van der Waals surface area contributed by atoms with Crippen molar-refractivity contribution in [2.24, 2.45) is 0 Å². The Morgan fingerprint density at radius 3 is 3.04 bits per heavy atom. The SMILES string of the molecule is CCc1nc(C2CCCN(C(=O)c3cccnc3NC(C)C)C2)no1. The Balaban J connectivity index is 1.76. The molecule has 2 aromatic heterocycles. The molecule has 7 nitrogen and oxygen atoms in total. The van der Waals surface area contributed by atoms with Crippen molar-refractivity contribution in [3.63, 3.8) is 0 Å². The lowest BCUT2D eigenvalue weighted by Crippen LogP contribution is -2.39. The molecule has 1 fully saturated rings. The molecular weight excluding hydrogens is 318 g/mol. The highest BCUT2D eigenvalue weighted by Gasteiger charge is 2.29. The zero-order chi connectivity index (χ0) is 17.8. The summed E-state index contributed by atoms with van der Waals surface area (Å²) in [5.41, 5.74) is 0.610. The van der Waals surface area contributed by atoms with Crippen molar-refractivity contribution in [1.29, 1.82) is 0 Å². The Labute approximate surface area is 147 Å². The van der Waals surface area contributed by atoms with Gasteiger partial charge in [-0.1, -0.05) is 12.1 Å². The molecule has 1 atom stereocenters. The summed E-state index contributed by atoms with van der Waals surface area (Å²) < 4.78 is 5.23. The number of nitrogens with one attached hydrogen (secondary N) is 1. The number of hydrogen-bond acceptors (Lipinski definition) is 6. The molecule has 0 radical (unpaired) electrons.